The molecule has 0 aromatic carbocycles. The number of nitrogen functional groups attached to an aromatic ring is 1. The van der Waals surface area contributed by atoms with E-state index >= 15 is 0 Å². The molecule has 0 amide bonds. The summed E-state index contributed by atoms with van der Waals surface area (Å²) in [5, 5.41) is 12.8. The van der Waals surface area contributed by atoms with Crippen LogP contribution in [0, 0.1) is 17.2 Å². The van der Waals surface area contributed by atoms with Crippen LogP contribution in [0.5, 0.6) is 0 Å². The van der Waals surface area contributed by atoms with Gasteiger partial charge >= 0.3 is 0 Å². The maximum absolute atomic E-state index is 12.5. The largest absolute Gasteiger partial charge is 0.381 e. The molecular formula is C12H21N5O2S. The van der Waals surface area contributed by atoms with Crippen LogP contribution in [0.2, 0.25) is 0 Å². The minimum atomic E-state index is -3.71. The third-order valence-electron chi connectivity index (χ3n) is 2.88. The number of nitrogens with two attached hydrogens (primary N) is 1. The van der Waals surface area contributed by atoms with Crippen molar-refractivity contribution in [3.8, 4) is 6.07 Å². The van der Waals surface area contributed by atoms with Crippen LogP contribution in [0.3, 0.4) is 0 Å². The molecule has 0 aliphatic heterocycles. The molecule has 112 valence electrons. The molecule has 0 aliphatic rings. The highest BCUT2D eigenvalue weighted by Gasteiger charge is 2.28. The zero-order chi connectivity index (χ0) is 15.3. The minimum absolute atomic E-state index is 0.00140. The van der Waals surface area contributed by atoms with Crippen LogP contribution in [-0.4, -0.2) is 35.6 Å². The first-order chi connectivity index (χ1) is 9.36. The van der Waals surface area contributed by atoms with Crippen LogP contribution in [0.25, 0.3) is 0 Å². The van der Waals surface area contributed by atoms with Gasteiger partial charge in [0.25, 0.3) is 0 Å². The number of rotatable bonds is 7. The van der Waals surface area contributed by atoms with E-state index in [9.17, 15) is 8.42 Å². The molecule has 0 saturated carbocycles. The Kier molecular flexibility index (Phi) is 5.53. The van der Waals surface area contributed by atoms with Crippen LogP contribution in [0.15, 0.2) is 11.1 Å². The topological polar surface area (TPSA) is 105 Å². The summed E-state index contributed by atoms with van der Waals surface area (Å²) in [5.41, 5.74) is 5.71. The monoisotopic (exact) mass is 299 g/mol. The molecule has 0 aliphatic carbocycles. The zero-order valence-corrected chi connectivity index (χ0v) is 12.9. The predicted octanol–water partition coefficient (Wildman–Crippen LogP) is 1.05. The Morgan fingerprint density at radius 2 is 2.20 bits per heavy atom. The molecule has 1 unspecified atom stereocenters. The molecule has 0 radical (unpaired) electrons. The van der Waals surface area contributed by atoms with E-state index in [-0.39, 0.29) is 29.7 Å². The first kappa shape index (κ1) is 16.5. The average Bonchev–Trinajstić information content (AvgIpc) is 2.77. The smallest absolute Gasteiger partial charge is 0.248 e. The number of nitriles is 1. The van der Waals surface area contributed by atoms with Gasteiger partial charge in [0.15, 0.2) is 5.82 Å². The van der Waals surface area contributed by atoms with Crippen molar-refractivity contribution in [3.63, 3.8) is 0 Å². The van der Waals surface area contributed by atoms with Gasteiger partial charge in [0.1, 0.15) is 4.90 Å². The van der Waals surface area contributed by atoms with Gasteiger partial charge in [-0.1, -0.05) is 13.8 Å². The molecule has 0 spiro atoms. The van der Waals surface area contributed by atoms with Crippen molar-refractivity contribution in [2.45, 2.75) is 38.6 Å². The van der Waals surface area contributed by atoms with E-state index in [0.29, 0.717) is 6.54 Å². The van der Waals surface area contributed by atoms with Gasteiger partial charge in [-0.3, -0.25) is 4.68 Å². The van der Waals surface area contributed by atoms with E-state index in [1.165, 1.54) is 15.2 Å². The molecule has 1 aromatic heterocycles. The molecule has 2 N–H and O–H groups in total. The Balaban J connectivity index is 3.11. The molecule has 20 heavy (non-hydrogen) atoms. The molecule has 0 bridgehead atoms. The first-order valence-corrected chi connectivity index (χ1v) is 8.03. The quantitative estimate of drug-likeness (QED) is 0.810. The van der Waals surface area contributed by atoms with E-state index in [1.807, 2.05) is 13.0 Å². The van der Waals surface area contributed by atoms with Crippen LogP contribution < -0.4 is 5.73 Å². The van der Waals surface area contributed by atoms with E-state index in [0.717, 1.165) is 6.42 Å². The summed E-state index contributed by atoms with van der Waals surface area (Å²) in [5.74, 6) is -0.377. The number of anilines is 1. The second kappa shape index (κ2) is 6.72. The van der Waals surface area contributed by atoms with E-state index in [1.54, 1.807) is 13.8 Å². The molecule has 1 rings (SSSR count). The van der Waals surface area contributed by atoms with Crippen LogP contribution in [-0.2, 0) is 16.6 Å². The van der Waals surface area contributed by atoms with Crippen molar-refractivity contribution in [2.24, 2.45) is 5.92 Å². The van der Waals surface area contributed by atoms with Gasteiger partial charge in [0.05, 0.1) is 12.0 Å². The lowest BCUT2D eigenvalue weighted by atomic mass is 10.2. The van der Waals surface area contributed by atoms with Gasteiger partial charge in [-0.05, 0) is 13.3 Å². The molecule has 8 heteroatoms. The fraction of sp³-hybridized carbons (Fsp3) is 0.667. The minimum Gasteiger partial charge on any atom is -0.381 e. The number of hydrogen-bond acceptors (Lipinski definition) is 5. The fourth-order valence-corrected chi connectivity index (χ4v) is 3.44. The molecule has 0 saturated heterocycles. The van der Waals surface area contributed by atoms with Gasteiger partial charge in [-0.25, -0.2) is 8.42 Å². The molecule has 1 atom stereocenters. The molecular weight excluding hydrogens is 278 g/mol. The van der Waals surface area contributed by atoms with Crippen LogP contribution in [0.4, 0.5) is 5.82 Å². The fourth-order valence-electron chi connectivity index (χ4n) is 1.84. The highest BCUT2D eigenvalue weighted by atomic mass is 32.2. The second-order valence-corrected chi connectivity index (χ2v) is 6.53. The number of aromatic nitrogens is 2. The maximum Gasteiger partial charge on any atom is 0.248 e. The standard InChI is InChI=1S/C12H21N5O2S/c1-4-6-16-9-11(12(14)15-16)20(18,19)17(5-2)8-10(3)7-13/h9-10H,4-6,8H2,1-3H3,(H2,14,15). The Morgan fingerprint density at radius 1 is 1.55 bits per heavy atom. The predicted molar refractivity (Wildman–Crippen MR) is 76.1 cm³/mol. The van der Waals surface area contributed by atoms with Crippen molar-refractivity contribution in [3.05, 3.63) is 6.20 Å². The van der Waals surface area contributed by atoms with Gasteiger partial charge in [-0.15, -0.1) is 0 Å². The summed E-state index contributed by atoms with van der Waals surface area (Å²) >= 11 is 0. The molecule has 7 nitrogen and oxygen atoms in total. The summed E-state index contributed by atoms with van der Waals surface area (Å²) in [6, 6.07) is 2.04. The highest BCUT2D eigenvalue weighted by molar-refractivity contribution is 7.89. The third-order valence-corrected chi connectivity index (χ3v) is 4.83. The lowest BCUT2D eigenvalue weighted by Crippen LogP contribution is -2.34. The highest BCUT2D eigenvalue weighted by Crippen LogP contribution is 2.22. The summed E-state index contributed by atoms with van der Waals surface area (Å²) in [4.78, 5) is 0.0120. The van der Waals surface area contributed by atoms with Crippen LogP contribution >= 0.6 is 0 Å². The average molecular weight is 299 g/mol. The van der Waals surface area contributed by atoms with Gasteiger partial charge in [0, 0.05) is 25.8 Å². The summed E-state index contributed by atoms with van der Waals surface area (Å²) < 4.78 is 27.9. The summed E-state index contributed by atoms with van der Waals surface area (Å²) in [6.45, 7) is 6.43. The van der Waals surface area contributed by atoms with E-state index in [2.05, 4.69) is 5.10 Å². The lowest BCUT2D eigenvalue weighted by molar-refractivity contribution is 0.400. The molecule has 1 heterocycles. The van der Waals surface area contributed by atoms with E-state index < -0.39 is 10.0 Å². The van der Waals surface area contributed by atoms with Gasteiger partial charge < -0.3 is 5.73 Å². The number of hydrogen-bond donors (Lipinski definition) is 1. The van der Waals surface area contributed by atoms with Crippen molar-refractivity contribution in [1.82, 2.24) is 14.1 Å². The lowest BCUT2D eigenvalue weighted by Gasteiger charge is -2.20. The number of aryl methyl sites for hydroxylation is 1. The SMILES string of the molecule is CCCn1cc(S(=O)(=O)N(CC)CC(C)C#N)c(N)n1. The van der Waals surface area contributed by atoms with Crippen LogP contribution in [0.1, 0.15) is 27.2 Å². The Morgan fingerprint density at radius 3 is 2.70 bits per heavy atom. The maximum atomic E-state index is 12.5. The summed E-state index contributed by atoms with van der Waals surface area (Å²) in [6.07, 6.45) is 2.29. The Bertz CT molecular complexity index is 587. The van der Waals surface area contributed by atoms with E-state index in [4.69, 9.17) is 11.0 Å². The zero-order valence-electron chi connectivity index (χ0n) is 12.1. The normalized spacial score (nSPS) is 13.3. The van der Waals surface area contributed by atoms with Gasteiger partial charge in [0.2, 0.25) is 10.0 Å². The Labute approximate surface area is 120 Å². The van der Waals surface area contributed by atoms with Gasteiger partial charge in [-0.2, -0.15) is 14.7 Å². The van der Waals surface area contributed by atoms with Crippen molar-refractivity contribution in [1.29, 1.82) is 5.26 Å². The van der Waals surface area contributed by atoms with Crippen molar-refractivity contribution >= 4 is 15.8 Å². The van der Waals surface area contributed by atoms with Crippen molar-refractivity contribution in [2.75, 3.05) is 18.8 Å². The first-order valence-electron chi connectivity index (χ1n) is 6.59. The second-order valence-electron chi connectivity index (χ2n) is 4.63. The Hall–Kier alpha value is -1.59. The third kappa shape index (κ3) is 3.49. The molecule has 0 fully saturated rings. The number of sulfonamides is 1. The number of nitrogens with zero attached hydrogens (tertiary/aromatic N) is 4. The van der Waals surface area contributed by atoms with Crippen molar-refractivity contribution < 1.29 is 8.42 Å². The molecule has 1 aromatic rings. The summed E-state index contributed by atoms with van der Waals surface area (Å²) in [7, 11) is -3.71.